The molecule has 3 aromatic rings. The number of nitrogens with two attached hydrogens (primary N) is 1. The molecule has 0 aliphatic carbocycles. The number of para-hydroxylation sites is 1. The van der Waals surface area contributed by atoms with Gasteiger partial charge in [0.2, 0.25) is 10.0 Å². The van der Waals surface area contributed by atoms with Crippen LogP contribution >= 0.6 is 11.6 Å². The van der Waals surface area contributed by atoms with Gasteiger partial charge in [0.1, 0.15) is 4.90 Å². The van der Waals surface area contributed by atoms with E-state index >= 15 is 0 Å². The fourth-order valence-corrected chi connectivity index (χ4v) is 3.05. The summed E-state index contributed by atoms with van der Waals surface area (Å²) in [5.41, 5.74) is 2.01. The predicted molar refractivity (Wildman–Crippen MR) is 85.4 cm³/mol. The van der Waals surface area contributed by atoms with Gasteiger partial charge in [0, 0.05) is 10.6 Å². The van der Waals surface area contributed by atoms with Gasteiger partial charge < -0.3 is 0 Å². The Hall–Kier alpha value is -2.15. The van der Waals surface area contributed by atoms with Crippen molar-refractivity contribution in [3.8, 4) is 16.9 Å². The lowest BCUT2D eigenvalue weighted by Gasteiger charge is -2.11. The molecule has 7 heteroatoms. The number of nitrogens with zero attached hydrogens (tertiary/aromatic N) is 2. The molecule has 0 aliphatic heterocycles. The lowest BCUT2D eigenvalue weighted by atomic mass is 10.1. The van der Waals surface area contributed by atoms with Gasteiger partial charge in [-0.05, 0) is 30.3 Å². The molecule has 3 rings (SSSR count). The molecule has 0 saturated heterocycles. The molecule has 1 aromatic heterocycles. The molecule has 0 spiro atoms. The Morgan fingerprint density at radius 1 is 1.00 bits per heavy atom. The third kappa shape index (κ3) is 2.76. The highest BCUT2D eigenvalue weighted by molar-refractivity contribution is 7.89. The Morgan fingerprint density at radius 3 is 2.36 bits per heavy atom. The molecule has 0 saturated carbocycles. The smallest absolute Gasteiger partial charge is 0.232 e. The van der Waals surface area contributed by atoms with Crippen LogP contribution < -0.4 is 5.14 Å². The Kier molecular flexibility index (Phi) is 3.74. The molecule has 1 heterocycles. The van der Waals surface area contributed by atoms with Crippen LogP contribution in [0.3, 0.4) is 0 Å². The van der Waals surface area contributed by atoms with E-state index in [1.807, 2.05) is 12.1 Å². The first-order valence-corrected chi connectivity index (χ1v) is 8.31. The average Bonchev–Trinajstić information content (AvgIpc) is 2.96. The van der Waals surface area contributed by atoms with Crippen molar-refractivity contribution in [1.29, 1.82) is 0 Å². The van der Waals surface area contributed by atoms with Crippen LogP contribution in [0.1, 0.15) is 0 Å². The fraction of sp³-hybridized carbons (Fsp3) is 0. The second-order valence-electron chi connectivity index (χ2n) is 4.65. The molecule has 0 aliphatic rings. The number of benzene rings is 2. The lowest BCUT2D eigenvalue weighted by molar-refractivity contribution is 0.596. The topological polar surface area (TPSA) is 78.0 Å². The Labute approximate surface area is 133 Å². The normalized spacial score (nSPS) is 11.5. The van der Waals surface area contributed by atoms with Gasteiger partial charge >= 0.3 is 0 Å². The van der Waals surface area contributed by atoms with Gasteiger partial charge in [0.05, 0.1) is 17.6 Å². The standard InChI is InChI=1S/C15H12ClN3O2S/c16-12-7-5-11(6-8-12)13-9-10-18-19(13)14-3-1-2-4-15(14)22(17,20)21/h1-10H,(H2,17,20,21). The second-order valence-corrected chi connectivity index (χ2v) is 6.61. The van der Waals surface area contributed by atoms with Crippen LogP contribution in [0.5, 0.6) is 0 Å². The van der Waals surface area contributed by atoms with Crippen LogP contribution in [0, 0.1) is 0 Å². The van der Waals surface area contributed by atoms with Crippen molar-refractivity contribution in [2.75, 3.05) is 0 Å². The number of hydrogen-bond acceptors (Lipinski definition) is 3. The van der Waals surface area contributed by atoms with Gasteiger partial charge in [0.25, 0.3) is 0 Å². The first kappa shape index (κ1) is 14.8. The summed E-state index contributed by atoms with van der Waals surface area (Å²) in [6.07, 6.45) is 1.60. The zero-order valence-electron chi connectivity index (χ0n) is 11.3. The molecule has 0 fully saturated rings. The van der Waals surface area contributed by atoms with Crippen molar-refractivity contribution < 1.29 is 8.42 Å². The molecule has 22 heavy (non-hydrogen) atoms. The van der Waals surface area contributed by atoms with E-state index in [0.29, 0.717) is 10.7 Å². The summed E-state index contributed by atoms with van der Waals surface area (Å²) >= 11 is 5.90. The van der Waals surface area contributed by atoms with E-state index in [2.05, 4.69) is 5.10 Å². The van der Waals surface area contributed by atoms with Gasteiger partial charge in [-0.3, -0.25) is 0 Å². The number of rotatable bonds is 3. The predicted octanol–water partition coefficient (Wildman–Crippen LogP) is 2.84. The number of aromatic nitrogens is 2. The number of hydrogen-bond donors (Lipinski definition) is 1. The summed E-state index contributed by atoms with van der Waals surface area (Å²) in [6, 6.07) is 15.5. The molecule has 5 nitrogen and oxygen atoms in total. The van der Waals surface area contributed by atoms with Gasteiger partial charge in [-0.15, -0.1) is 0 Å². The molecule has 0 radical (unpaired) electrons. The van der Waals surface area contributed by atoms with E-state index in [4.69, 9.17) is 16.7 Å². The monoisotopic (exact) mass is 333 g/mol. The van der Waals surface area contributed by atoms with Gasteiger partial charge in [-0.1, -0.05) is 35.9 Å². The molecule has 112 valence electrons. The minimum absolute atomic E-state index is 0.0221. The average molecular weight is 334 g/mol. The summed E-state index contributed by atoms with van der Waals surface area (Å²) < 4.78 is 25.1. The zero-order valence-corrected chi connectivity index (χ0v) is 12.9. The summed E-state index contributed by atoms with van der Waals surface area (Å²) in [5, 5.41) is 10.1. The minimum Gasteiger partial charge on any atom is -0.232 e. The van der Waals surface area contributed by atoms with Crippen molar-refractivity contribution in [2.45, 2.75) is 4.90 Å². The summed E-state index contributed by atoms with van der Waals surface area (Å²) in [5.74, 6) is 0. The van der Waals surface area contributed by atoms with E-state index in [9.17, 15) is 8.42 Å². The van der Waals surface area contributed by atoms with E-state index in [1.54, 1.807) is 47.3 Å². The largest absolute Gasteiger partial charge is 0.240 e. The highest BCUT2D eigenvalue weighted by Crippen LogP contribution is 2.26. The molecule has 2 aromatic carbocycles. The number of primary sulfonamides is 1. The van der Waals surface area contributed by atoms with Crippen molar-refractivity contribution >= 4 is 21.6 Å². The van der Waals surface area contributed by atoms with Crippen LogP contribution in [0.2, 0.25) is 5.02 Å². The second kappa shape index (κ2) is 5.57. The quantitative estimate of drug-likeness (QED) is 0.800. The van der Waals surface area contributed by atoms with Crippen LogP contribution in [0.25, 0.3) is 16.9 Å². The highest BCUT2D eigenvalue weighted by Gasteiger charge is 2.17. The molecule has 2 N–H and O–H groups in total. The first-order chi connectivity index (χ1) is 10.5. The Morgan fingerprint density at radius 2 is 1.68 bits per heavy atom. The first-order valence-electron chi connectivity index (χ1n) is 6.39. The van der Waals surface area contributed by atoms with Crippen LogP contribution in [-0.4, -0.2) is 18.2 Å². The van der Waals surface area contributed by atoms with Gasteiger partial charge in [0.15, 0.2) is 0 Å². The van der Waals surface area contributed by atoms with Crippen molar-refractivity contribution in [1.82, 2.24) is 9.78 Å². The third-order valence-corrected chi connectivity index (χ3v) is 4.39. The van der Waals surface area contributed by atoms with Crippen LogP contribution in [-0.2, 0) is 10.0 Å². The lowest BCUT2D eigenvalue weighted by Crippen LogP contribution is -2.16. The molecular weight excluding hydrogens is 322 g/mol. The fourth-order valence-electron chi connectivity index (χ4n) is 2.21. The maximum Gasteiger partial charge on any atom is 0.240 e. The maximum absolute atomic E-state index is 11.8. The summed E-state index contributed by atoms with van der Waals surface area (Å²) in [7, 11) is -3.85. The van der Waals surface area contributed by atoms with Gasteiger partial charge in [-0.25, -0.2) is 18.2 Å². The molecular formula is C15H12ClN3O2S. The maximum atomic E-state index is 11.8. The summed E-state index contributed by atoms with van der Waals surface area (Å²) in [6.45, 7) is 0. The highest BCUT2D eigenvalue weighted by atomic mass is 35.5. The van der Waals surface area contributed by atoms with Crippen molar-refractivity contribution in [3.05, 3.63) is 65.8 Å². The van der Waals surface area contributed by atoms with E-state index in [0.717, 1.165) is 11.3 Å². The molecule has 0 atom stereocenters. The van der Waals surface area contributed by atoms with E-state index in [-0.39, 0.29) is 4.90 Å². The Balaban J connectivity index is 2.20. The SMILES string of the molecule is NS(=O)(=O)c1ccccc1-n1nccc1-c1ccc(Cl)cc1. The molecule has 0 amide bonds. The molecule has 0 unspecified atom stereocenters. The van der Waals surface area contributed by atoms with E-state index in [1.165, 1.54) is 6.07 Å². The van der Waals surface area contributed by atoms with E-state index < -0.39 is 10.0 Å². The number of sulfonamides is 1. The molecule has 0 bridgehead atoms. The van der Waals surface area contributed by atoms with Crippen LogP contribution in [0.4, 0.5) is 0 Å². The Bertz CT molecular complexity index is 918. The number of halogens is 1. The summed E-state index contributed by atoms with van der Waals surface area (Å²) in [4.78, 5) is 0.0221. The van der Waals surface area contributed by atoms with Crippen molar-refractivity contribution in [3.63, 3.8) is 0 Å². The minimum atomic E-state index is -3.85. The van der Waals surface area contributed by atoms with Crippen molar-refractivity contribution in [2.24, 2.45) is 5.14 Å². The third-order valence-electron chi connectivity index (χ3n) is 3.18. The van der Waals surface area contributed by atoms with Gasteiger partial charge in [-0.2, -0.15) is 5.10 Å². The van der Waals surface area contributed by atoms with Crippen LogP contribution in [0.15, 0.2) is 65.7 Å². The zero-order chi connectivity index (χ0) is 15.7.